The molecule has 3 N–H and O–H groups in total. The van der Waals surface area contributed by atoms with E-state index >= 15 is 0 Å². The van der Waals surface area contributed by atoms with Crippen molar-refractivity contribution < 1.29 is 5.11 Å². The highest BCUT2D eigenvalue weighted by Gasteiger charge is 2.46. The molecule has 0 aromatic carbocycles. The Labute approximate surface area is 126 Å². The van der Waals surface area contributed by atoms with Crippen molar-refractivity contribution in [2.24, 2.45) is 17.5 Å². The average Bonchev–Trinajstić information content (AvgIpc) is 2.78. The van der Waals surface area contributed by atoms with Gasteiger partial charge in [-0.25, -0.2) is 4.99 Å². The number of nitrogens with one attached hydrogen (secondary N) is 2. The number of aliphatic hydroxyl groups is 1. The molecule has 6 heteroatoms. The molecule has 1 aliphatic carbocycles. The number of hydrogen-bond donors (Lipinski definition) is 3. The van der Waals surface area contributed by atoms with Crippen LogP contribution in [0.4, 0.5) is 0 Å². The Hall–Kier alpha value is -1.56. The molecule has 0 bridgehead atoms. The molecule has 0 saturated heterocycles. The first-order valence-electron chi connectivity index (χ1n) is 7.51. The molecule has 6 nitrogen and oxygen atoms in total. The maximum Gasteiger partial charge on any atom is 0.191 e. The second-order valence-corrected chi connectivity index (χ2v) is 6.76. The lowest BCUT2D eigenvalue weighted by Gasteiger charge is -2.21. The molecule has 0 amide bonds. The van der Waals surface area contributed by atoms with Crippen LogP contribution in [0, 0.1) is 5.41 Å². The number of guanidine groups is 1. The van der Waals surface area contributed by atoms with Crippen molar-refractivity contribution in [2.45, 2.75) is 45.8 Å². The summed E-state index contributed by atoms with van der Waals surface area (Å²) in [6, 6.07) is 0.457. The minimum absolute atomic E-state index is 0.293. The molecule has 1 aromatic heterocycles. The molecule has 0 aliphatic heterocycles. The quantitative estimate of drug-likeness (QED) is 0.559. The molecule has 1 aromatic rings. The molecule has 1 saturated carbocycles. The van der Waals surface area contributed by atoms with Gasteiger partial charge >= 0.3 is 0 Å². The van der Waals surface area contributed by atoms with Crippen LogP contribution < -0.4 is 10.6 Å². The molecule has 1 aliphatic rings. The normalized spacial score (nSPS) is 23.5. The summed E-state index contributed by atoms with van der Waals surface area (Å²) in [6.45, 7) is 9.36. The molecule has 0 radical (unpaired) electrons. The van der Waals surface area contributed by atoms with Gasteiger partial charge in [-0.15, -0.1) is 0 Å². The molecule has 2 atom stereocenters. The summed E-state index contributed by atoms with van der Waals surface area (Å²) in [4.78, 5) is 4.52. The number of aliphatic imine (C=N–C) groups is 1. The van der Waals surface area contributed by atoms with Gasteiger partial charge < -0.3 is 15.7 Å². The third kappa shape index (κ3) is 3.97. The highest BCUT2D eigenvalue weighted by molar-refractivity contribution is 5.80. The fourth-order valence-corrected chi connectivity index (χ4v) is 2.22. The van der Waals surface area contributed by atoms with E-state index in [9.17, 15) is 5.11 Å². The lowest BCUT2D eigenvalue weighted by atomic mass is 10.0. The van der Waals surface area contributed by atoms with Crippen molar-refractivity contribution in [3.05, 3.63) is 18.0 Å². The van der Waals surface area contributed by atoms with Gasteiger partial charge in [0.15, 0.2) is 5.96 Å². The predicted molar refractivity (Wildman–Crippen MR) is 84.1 cm³/mol. The Morgan fingerprint density at radius 3 is 2.76 bits per heavy atom. The van der Waals surface area contributed by atoms with Gasteiger partial charge in [0.25, 0.3) is 0 Å². The van der Waals surface area contributed by atoms with Crippen molar-refractivity contribution in [2.75, 3.05) is 13.1 Å². The minimum Gasteiger partial charge on any atom is -0.383 e. The van der Waals surface area contributed by atoms with Gasteiger partial charge in [0.1, 0.15) is 5.60 Å². The first kappa shape index (κ1) is 15.8. The second-order valence-electron chi connectivity index (χ2n) is 6.76. The van der Waals surface area contributed by atoms with Gasteiger partial charge in [0.2, 0.25) is 0 Å². The maximum atomic E-state index is 10.6. The molecule has 0 spiro atoms. The fourth-order valence-electron chi connectivity index (χ4n) is 2.22. The van der Waals surface area contributed by atoms with Crippen LogP contribution in [0.1, 0.15) is 39.7 Å². The van der Waals surface area contributed by atoms with E-state index in [0.29, 0.717) is 18.0 Å². The lowest BCUT2D eigenvalue weighted by Crippen LogP contribution is -2.41. The molecule has 118 valence electrons. The van der Waals surface area contributed by atoms with Crippen molar-refractivity contribution in [3.8, 4) is 0 Å². The van der Waals surface area contributed by atoms with Crippen LogP contribution >= 0.6 is 0 Å². The minimum atomic E-state index is -1.02. The van der Waals surface area contributed by atoms with Crippen LogP contribution in [0.2, 0.25) is 0 Å². The Kier molecular flexibility index (Phi) is 4.27. The zero-order valence-electron chi connectivity index (χ0n) is 13.6. The SMILES string of the molecule is CCNC(=NCC(C)(O)c1cnn(C)c1)NC1CC1(C)C. The molecular weight excluding hydrogens is 266 g/mol. The lowest BCUT2D eigenvalue weighted by molar-refractivity contribution is 0.0671. The number of aromatic nitrogens is 2. The molecule has 2 unspecified atom stereocenters. The molecule has 1 fully saturated rings. The Balaban J connectivity index is 2.01. The largest absolute Gasteiger partial charge is 0.383 e. The molecule has 1 heterocycles. The van der Waals surface area contributed by atoms with Crippen LogP contribution in [0.25, 0.3) is 0 Å². The number of rotatable bonds is 5. The topological polar surface area (TPSA) is 74.5 Å². The van der Waals surface area contributed by atoms with Gasteiger partial charge in [-0.3, -0.25) is 4.68 Å². The maximum absolute atomic E-state index is 10.6. The summed E-state index contributed by atoms with van der Waals surface area (Å²) in [7, 11) is 1.84. The van der Waals surface area contributed by atoms with Crippen LogP contribution in [-0.4, -0.2) is 40.0 Å². The first-order chi connectivity index (χ1) is 9.74. The number of aryl methyl sites for hydroxylation is 1. The van der Waals surface area contributed by atoms with E-state index < -0.39 is 5.60 Å². The van der Waals surface area contributed by atoms with Crippen LogP contribution in [-0.2, 0) is 12.6 Å². The zero-order valence-corrected chi connectivity index (χ0v) is 13.6. The average molecular weight is 293 g/mol. The third-order valence-electron chi connectivity index (χ3n) is 4.04. The van der Waals surface area contributed by atoms with Gasteiger partial charge in [0.05, 0.1) is 12.7 Å². The summed E-state index contributed by atoms with van der Waals surface area (Å²) in [5.74, 6) is 0.761. The summed E-state index contributed by atoms with van der Waals surface area (Å²) >= 11 is 0. The Morgan fingerprint density at radius 1 is 1.62 bits per heavy atom. The summed E-state index contributed by atoms with van der Waals surface area (Å²) < 4.78 is 1.68. The summed E-state index contributed by atoms with van der Waals surface area (Å²) in [5, 5.41) is 21.3. The van der Waals surface area contributed by atoms with E-state index in [0.717, 1.165) is 24.5 Å². The molecule has 2 rings (SSSR count). The predicted octanol–water partition coefficient (Wildman–Crippen LogP) is 0.981. The smallest absolute Gasteiger partial charge is 0.191 e. The number of nitrogens with zero attached hydrogens (tertiary/aromatic N) is 3. The van der Waals surface area contributed by atoms with E-state index in [2.05, 4.69) is 34.6 Å². The van der Waals surface area contributed by atoms with Gasteiger partial charge in [-0.05, 0) is 25.7 Å². The van der Waals surface area contributed by atoms with Crippen molar-refractivity contribution >= 4 is 5.96 Å². The van der Waals surface area contributed by atoms with E-state index in [1.807, 2.05) is 20.2 Å². The van der Waals surface area contributed by atoms with Crippen molar-refractivity contribution in [3.63, 3.8) is 0 Å². The van der Waals surface area contributed by atoms with E-state index in [4.69, 9.17) is 0 Å². The zero-order chi connectivity index (χ0) is 15.7. The Morgan fingerprint density at radius 2 is 2.29 bits per heavy atom. The van der Waals surface area contributed by atoms with Crippen molar-refractivity contribution in [1.29, 1.82) is 0 Å². The van der Waals surface area contributed by atoms with Gasteiger partial charge in [-0.1, -0.05) is 13.8 Å². The monoisotopic (exact) mass is 293 g/mol. The number of hydrogen-bond acceptors (Lipinski definition) is 3. The van der Waals surface area contributed by atoms with E-state index in [-0.39, 0.29) is 0 Å². The third-order valence-corrected chi connectivity index (χ3v) is 4.04. The van der Waals surface area contributed by atoms with E-state index in [1.165, 1.54) is 0 Å². The fraction of sp³-hybridized carbons (Fsp3) is 0.733. The standard InChI is InChI=1S/C15H27N5O/c1-6-16-13(19-12-7-14(12,2)3)17-10-15(4,21)11-8-18-20(5)9-11/h8-9,12,21H,6-7,10H2,1-5H3,(H2,16,17,19). The van der Waals surface area contributed by atoms with Gasteiger partial charge in [-0.2, -0.15) is 5.10 Å². The summed E-state index contributed by atoms with van der Waals surface area (Å²) in [6.07, 6.45) is 4.65. The van der Waals surface area contributed by atoms with Crippen molar-refractivity contribution in [1.82, 2.24) is 20.4 Å². The Bertz CT molecular complexity index is 518. The highest BCUT2D eigenvalue weighted by atomic mass is 16.3. The van der Waals surface area contributed by atoms with Crippen LogP contribution in [0.15, 0.2) is 17.4 Å². The van der Waals surface area contributed by atoms with E-state index in [1.54, 1.807) is 17.8 Å². The van der Waals surface area contributed by atoms with Crippen LogP contribution in [0.3, 0.4) is 0 Å². The molecular formula is C15H27N5O. The second kappa shape index (κ2) is 5.67. The summed E-state index contributed by atoms with van der Waals surface area (Å²) in [5.41, 5.74) is 0.0916. The highest BCUT2D eigenvalue weighted by Crippen LogP contribution is 2.44. The first-order valence-corrected chi connectivity index (χ1v) is 7.51. The van der Waals surface area contributed by atoms with Gasteiger partial charge in [0, 0.05) is 31.4 Å². The van der Waals surface area contributed by atoms with Crippen LogP contribution in [0.5, 0.6) is 0 Å². The molecule has 21 heavy (non-hydrogen) atoms.